The third-order valence-corrected chi connectivity index (χ3v) is 9.35. The highest BCUT2D eigenvalue weighted by molar-refractivity contribution is 9.11. The van der Waals surface area contributed by atoms with Gasteiger partial charge in [0.25, 0.3) is 0 Å². The van der Waals surface area contributed by atoms with E-state index in [1.165, 1.54) is 0 Å². The number of benzene rings is 6. The zero-order valence-corrected chi connectivity index (χ0v) is 29.3. The SMILES string of the molecule is Brc1ccccc1-c1ccc(Oc2ccc(-c3ccccc3Br)cc2CCOCc2ccccc2)c(CCOCc2ccccc2)c1. The third-order valence-electron chi connectivity index (χ3n) is 7.97. The van der Waals surface area contributed by atoms with Crippen LogP contribution in [0.2, 0.25) is 0 Å². The van der Waals surface area contributed by atoms with Crippen LogP contribution in [0, 0.1) is 0 Å². The molecule has 0 unspecified atom stereocenters. The smallest absolute Gasteiger partial charge is 0.130 e. The molecule has 0 atom stereocenters. The molecular weight excluding hydrogens is 712 g/mol. The van der Waals surface area contributed by atoms with Gasteiger partial charge in [-0.1, -0.05) is 141 Å². The van der Waals surface area contributed by atoms with E-state index < -0.39 is 0 Å². The molecule has 0 saturated heterocycles. The second-order valence-electron chi connectivity index (χ2n) is 11.3. The quantitative estimate of drug-likeness (QED) is 0.104. The van der Waals surface area contributed by atoms with Crippen LogP contribution in [-0.4, -0.2) is 13.2 Å². The summed E-state index contributed by atoms with van der Waals surface area (Å²) in [6.45, 7) is 2.30. The summed E-state index contributed by atoms with van der Waals surface area (Å²) in [7, 11) is 0. The third kappa shape index (κ3) is 9.09. The van der Waals surface area contributed by atoms with E-state index in [0.29, 0.717) is 39.3 Å². The fraction of sp³-hybridized carbons (Fsp3) is 0.143. The van der Waals surface area contributed by atoms with Crippen molar-refractivity contribution in [2.45, 2.75) is 26.1 Å². The number of rotatable bonds is 14. The van der Waals surface area contributed by atoms with Crippen LogP contribution >= 0.6 is 31.9 Å². The Bertz CT molecular complexity index is 1750. The van der Waals surface area contributed by atoms with Crippen LogP contribution in [0.1, 0.15) is 22.3 Å². The molecule has 0 aromatic heterocycles. The molecule has 0 heterocycles. The zero-order chi connectivity index (χ0) is 32.3. The lowest BCUT2D eigenvalue weighted by Gasteiger charge is -2.18. The monoisotopic (exact) mass is 746 g/mol. The maximum atomic E-state index is 6.78. The molecule has 0 saturated carbocycles. The van der Waals surface area contributed by atoms with E-state index in [1.54, 1.807) is 0 Å². The van der Waals surface area contributed by atoms with Crippen molar-refractivity contribution < 1.29 is 14.2 Å². The topological polar surface area (TPSA) is 27.7 Å². The van der Waals surface area contributed by atoms with Crippen molar-refractivity contribution in [3.63, 3.8) is 0 Å². The summed E-state index contributed by atoms with van der Waals surface area (Å²) in [5.41, 5.74) is 9.04. The Morgan fingerprint density at radius 2 is 0.830 bits per heavy atom. The molecule has 47 heavy (non-hydrogen) atoms. The lowest BCUT2D eigenvalue weighted by Crippen LogP contribution is -2.04. The van der Waals surface area contributed by atoms with Gasteiger partial charge in [-0.15, -0.1) is 0 Å². The molecule has 0 aliphatic heterocycles. The predicted molar refractivity (Wildman–Crippen MR) is 199 cm³/mol. The van der Waals surface area contributed by atoms with Crippen molar-refractivity contribution in [3.8, 4) is 33.8 Å². The molecule has 0 radical (unpaired) electrons. The van der Waals surface area contributed by atoms with E-state index in [1.807, 2.05) is 48.5 Å². The largest absolute Gasteiger partial charge is 0.457 e. The first-order chi connectivity index (χ1) is 23.1. The van der Waals surface area contributed by atoms with Crippen LogP contribution in [0.25, 0.3) is 22.3 Å². The Labute approximate surface area is 294 Å². The van der Waals surface area contributed by atoms with Gasteiger partial charge in [-0.2, -0.15) is 0 Å². The van der Waals surface area contributed by atoms with Gasteiger partial charge in [-0.25, -0.2) is 0 Å². The summed E-state index contributed by atoms with van der Waals surface area (Å²) in [5, 5.41) is 0. The molecule has 6 aromatic carbocycles. The maximum Gasteiger partial charge on any atom is 0.130 e. The van der Waals surface area contributed by atoms with E-state index in [2.05, 4.69) is 129 Å². The molecule has 0 spiro atoms. The second-order valence-corrected chi connectivity index (χ2v) is 13.0. The highest BCUT2D eigenvalue weighted by Crippen LogP contribution is 2.37. The molecule has 6 rings (SSSR count). The molecule has 5 heteroatoms. The lowest BCUT2D eigenvalue weighted by atomic mass is 10.00. The zero-order valence-electron chi connectivity index (χ0n) is 26.1. The highest BCUT2D eigenvalue weighted by Gasteiger charge is 2.14. The van der Waals surface area contributed by atoms with Gasteiger partial charge < -0.3 is 14.2 Å². The molecule has 236 valence electrons. The van der Waals surface area contributed by atoms with Crippen molar-refractivity contribution in [1.29, 1.82) is 0 Å². The number of hydrogen-bond donors (Lipinski definition) is 0. The standard InChI is InChI=1S/C42H36Br2O3/c43-39-17-9-7-15-37(39)33-19-21-41(35(27-33)23-25-45-29-31-11-3-1-4-12-31)47-42-22-20-34(38-16-8-10-18-40(38)44)28-36(42)24-26-46-30-32-13-5-2-6-14-32/h1-22,27-28H,23-26,29-30H2. The first kappa shape index (κ1) is 32.9. The summed E-state index contributed by atoms with van der Waals surface area (Å²) in [5.74, 6) is 1.65. The normalized spacial score (nSPS) is 11.0. The molecule has 6 aromatic rings. The van der Waals surface area contributed by atoms with Crippen LogP contribution in [0.15, 0.2) is 155 Å². The van der Waals surface area contributed by atoms with Gasteiger partial charge in [-0.3, -0.25) is 0 Å². The number of hydrogen-bond acceptors (Lipinski definition) is 3. The van der Waals surface area contributed by atoms with Crippen LogP contribution in [0.5, 0.6) is 11.5 Å². The van der Waals surface area contributed by atoms with Crippen LogP contribution < -0.4 is 4.74 Å². The number of ether oxygens (including phenoxy) is 3. The van der Waals surface area contributed by atoms with Gasteiger partial charge in [0.1, 0.15) is 11.5 Å². The number of halogens is 2. The molecular formula is C42H36Br2O3. The van der Waals surface area contributed by atoms with Crippen molar-refractivity contribution in [1.82, 2.24) is 0 Å². The van der Waals surface area contributed by atoms with Gasteiger partial charge in [-0.05, 0) is 93.7 Å². The van der Waals surface area contributed by atoms with Gasteiger partial charge in [0, 0.05) is 8.95 Å². The average molecular weight is 749 g/mol. The first-order valence-corrected chi connectivity index (χ1v) is 17.4. The fourth-order valence-electron chi connectivity index (χ4n) is 5.49. The highest BCUT2D eigenvalue weighted by atomic mass is 79.9. The van der Waals surface area contributed by atoms with Gasteiger partial charge in [0.05, 0.1) is 26.4 Å². The van der Waals surface area contributed by atoms with Crippen molar-refractivity contribution >= 4 is 31.9 Å². The first-order valence-electron chi connectivity index (χ1n) is 15.8. The Kier molecular flexibility index (Phi) is 11.7. The van der Waals surface area contributed by atoms with Gasteiger partial charge in [0.15, 0.2) is 0 Å². The molecule has 0 bridgehead atoms. The van der Waals surface area contributed by atoms with E-state index >= 15 is 0 Å². The Balaban J connectivity index is 1.27. The van der Waals surface area contributed by atoms with Gasteiger partial charge >= 0.3 is 0 Å². The second kappa shape index (κ2) is 16.7. The molecule has 0 N–H and O–H groups in total. The molecule has 0 amide bonds. The maximum absolute atomic E-state index is 6.78. The van der Waals surface area contributed by atoms with Crippen molar-refractivity contribution in [3.05, 3.63) is 177 Å². The van der Waals surface area contributed by atoms with Crippen molar-refractivity contribution in [2.24, 2.45) is 0 Å². The summed E-state index contributed by atoms with van der Waals surface area (Å²) in [4.78, 5) is 0. The lowest BCUT2D eigenvalue weighted by molar-refractivity contribution is 0.123. The minimum atomic E-state index is 0.574. The minimum absolute atomic E-state index is 0.574. The summed E-state index contributed by atoms with van der Waals surface area (Å²) in [6.07, 6.45) is 1.43. The molecule has 0 aliphatic rings. The van der Waals surface area contributed by atoms with E-state index in [0.717, 1.165) is 65.0 Å². The van der Waals surface area contributed by atoms with Crippen molar-refractivity contribution in [2.75, 3.05) is 13.2 Å². The Morgan fingerprint density at radius 1 is 0.426 bits per heavy atom. The summed E-state index contributed by atoms with van der Waals surface area (Å²) >= 11 is 7.47. The van der Waals surface area contributed by atoms with E-state index in [4.69, 9.17) is 14.2 Å². The molecule has 3 nitrogen and oxygen atoms in total. The molecule has 0 fully saturated rings. The molecule has 0 aliphatic carbocycles. The van der Waals surface area contributed by atoms with E-state index in [9.17, 15) is 0 Å². The van der Waals surface area contributed by atoms with E-state index in [-0.39, 0.29) is 0 Å². The Hall–Kier alpha value is -4.00. The minimum Gasteiger partial charge on any atom is -0.457 e. The summed E-state index contributed by atoms with van der Waals surface area (Å²) in [6, 6.07) is 50.0. The summed E-state index contributed by atoms with van der Waals surface area (Å²) < 4.78 is 21.1. The van der Waals surface area contributed by atoms with Crippen LogP contribution in [-0.2, 0) is 35.5 Å². The Morgan fingerprint density at radius 3 is 1.26 bits per heavy atom. The predicted octanol–water partition coefficient (Wildman–Crippen LogP) is 11.9. The average Bonchev–Trinajstić information content (AvgIpc) is 3.11. The van der Waals surface area contributed by atoms with Crippen LogP contribution in [0.4, 0.5) is 0 Å². The van der Waals surface area contributed by atoms with Gasteiger partial charge in [0.2, 0.25) is 0 Å². The van der Waals surface area contributed by atoms with Crippen LogP contribution in [0.3, 0.4) is 0 Å². The fourth-order valence-corrected chi connectivity index (χ4v) is 6.51.